The van der Waals surface area contributed by atoms with Gasteiger partial charge in [0.05, 0.1) is 12.1 Å². The maximum absolute atomic E-state index is 12.4. The number of aryl methyl sites for hydroxylation is 1. The highest BCUT2D eigenvalue weighted by Crippen LogP contribution is 2.24. The van der Waals surface area contributed by atoms with Crippen molar-refractivity contribution in [2.24, 2.45) is 5.92 Å². The van der Waals surface area contributed by atoms with Crippen LogP contribution < -0.4 is 5.32 Å². The highest BCUT2D eigenvalue weighted by molar-refractivity contribution is 6.00. The predicted molar refractivity (Wildman–Crippen MR) is 115 cm³/mol. The average Bonchev–Trinajstić information content (AvgIpc) is 3.28. The molecule has 1 atom stereocenters. The zero-order valence-corrected chi connectivity index (χ0v) is 18.5. The summed E-state index contributed by atoms with van der Waals surface area (Å²) < 4.78 is 12.4. The van der Waals surface area contributed by atoms with Gasteiger partial charge in [0.1, 0.15) is 5.60 Å². The van der Waals surface area contributed by atoms with Crippen molar-refractivity contribution in [3.63, 3.8) is 0 Å². The SMILES string of the molecule is COCCNC(=O)c1ccc2nn(CC3CCN(C(=O)OC(C)(C)C)C3)cc2c1C. The van der Waals surface area contributed by atoms with E-state index in [2.05, 4.69) is 10.4 Å². The quantitative estimate of drug-likeness (QED) is 0.732. The summed E-state index contributed by atoms with van der Waals surface area (Å²) in [5, 5.41) is 8.50. The molecule has 1 unspecified atom stereocenters. The number of nitrogens with zero attached hydrogens (tertiary/aromatic N) is 3. The Morgan fingerprint density at radius 2 is 2.07 bits per heavy atom. The molecule has 0 aliphatic carbocycles. The van der Waals surface area contributed by atoms with Crippen molar-refractivity contribution in [2.45, 2.75) is 46.3 Å². The number of hydrogen-bond donors (Lipinski definition) is 1. The molecule has 1 fully saturated rings. The molecule has 2 heterocycles. The van der Waals surface area contributed by atoms with E-state index >= 15 is 0 Å². The van der Waals surface area contributed by atoms with Crippen molar-refractivity contribution in [3.8, 4) is 0 Å². The molecule has 0 spiro atoms. The van der Waals surface area contributed by atoms with Gasteiger partial charge in [-0.1, -0.05) is 0 Å². The first kappa shape index (κ1) is 22.1. The van der Waals surface area contributed by atoms with Crippen molar-refractivity contribution < 1.29 is 19.1 Å². The van der Waals surface area contributed by atoms with E-state index < -0.39 is 5.60 Å². The Morgan fingerprint density at radius 3 is 2.77 bits per heavy atom. The molecule has 1 saturated heterocycles. The molecule has 3 rings (SSSR count). The number of rotatable bonds is 6. The number of methoxy groups -OCH3 is 1. The fourth-order valence-corrected chi connectivity index (χ4v) is 3.72. The Labute approximate surface area is 177 Å². The lowest BCUT2D eigenvalue weighted by molar-refractivity contribution is 0.0286. The third-order valence-electron chi connectivity index (χ3n) is 5.23. The second kappa shape index (κ2) is 9.04. The number of amides is 2. The average molecular weight is 417 g/mol. The Balaban J connectivity index is 1.66. The Hall–Kier alpha value is -2.61. The van der Waals surface area contributed by atoms with Gasteiger partial charge in [-0.15, -0.1) is 0 Å². The maximum Gasteiger partial charge on any atom is 0.410 e. The van der Waals surface area contributed by atoms with Gasteiger partial charge in [0.25, 0.3) is 5.91 Å². The summed E-state index contributed by atoms with van der Waals surface area (Å²) >= 11 is 0. The molecular formula is C22H32N4O4. The van der Waals surface area contributed by atoms with Crippen LogP contribution in [0.2, 0.25) is 0 Å². The van der Waals surface area contributed by atoms with E-state index in [4.69, 9.17) is 9.47 Å². The highest BCUT2D eigenvalue weighted by Gasteiger charge is 2.30. The van der Waals surface area contributed by atoms with Gasteiger partial charge in [-0.2, -0.15) is 5.10 Å². The van der Waals surface area contributed by atoms with E-state index in [1.54, 1.807) is 12.0 Å². The van der Waals surface area contributed by atoms with E-state index in [1.807, 2.05) is 50.7 Å². The number of ether oxygens (including phenoxy) is 2. The van der Waals surface area contributed by atoms with Crippen molar-refractivity contribution in [3.05, 3.63) is 29.5 Å². The molecule has 0 radical (unpaired) electrons. The van der Waals surface area contributed by atoms with Gasteiger partial charge >= 0.3 is 6.09 Å². The summed E-state index contributed by atoms with van der Waals surface area (Å²) in [6.07, 6.45) is 2.66. The van der Waals surface area contributed by atoms with Gasteiger partial charge in [-0.3, -0.25) is 9.48 Å². The van der Waals surface area contributed by atoms with E-state index in [-0.39, 0.29) is 12.0 Å². The van der Waals surface area contributed by atoms with Crippen LogP contribution in [0.3, 0.4) is 0 Å². The maximum atomic E-state index is 12.4. The van der Waals surface area contributed by atoms with Gasteiger partial charge < -0.3 is 19.7 Å². The molecule has 1 aromatic heterocycles. The molecule has 0 saturated carbocycles. The Morgan fingerprint density at radius 1 is 1.30 bits per heavy atom. The molecule has 8 nitrogen and oxygen atoms in total. The number of likely N-dealkylation sites (tertiary alicyclic amines) is 1. The van der Waals surface area contributed by atoms with Crippen molar-refractivity contribution >= 4 is 22.9 Å². The smallest absolute Gasteiger partial charge is 0.410 e. The Kier molecular flexibility index (Phi) is 6.65. The summed E-state index contributed by atoms with van der Waals surface area (Å²) in [4.78, 5) is 26.5. The lowest BCUT2D eigenvalue weighted by Crippen LogP contribution is -2.35. The van der Waals surface area contributed by atoms with Crippen LogP contribution in [0.15, 0.2) is 18.3 Å². The molecule has 8 heteroatoms. The summed E-state index contributed by atoms with van der Waals surface area (Å²) in [6.45, 7) is 10.6. The number of hydrogen-bond acceptors (Lipinski definition) is 5. The van der Waals surface area contributed by atoms with Gasteiger partial charge in [0.2, 0.25) is 0 Å². The molecule has 30 heavy (non-hydrogen) atoms. The normalized spacial score (nSPS) is 16.8. The molecule has 1 aliphatic heterocycles. The van der Waals surface area contributed by atoms with E-state index in [0.717, 1.165) is 29.4 Å². The highest BCUT2D eigenvalue weighted by atomic mass is 16.6. The van der Waals surface area contributed by atoms with Crippen LogP contribution in [0.5, 0.6) is 0 Å². The number of carbonyl (C=O) groups excluding carboxylic acids is 2. The Bertz CT molecular complexity index is 916. The minimum atomic E-state index is -0.486. The van der Waals surface area contributed by atoms with E-state index in [9.17, 15) is 9.59 Å². The molecule has 2 aromatic rings. The fourth-order valence-electron chi connectivity index (χ4n) is 3.72. The van der Waals surface area contributed by atoms with Crippen LogP contribution in [0.4, 0.5) is 4.79 Å². The lowest BCUT2D eigenvalue weighted by atomic mass is 10.0. The van der Waals surface area contributed by atoms with Crippen LogP contribution >= 0.6 is 0 Å². The lowest BCUT2D eigenvalue weighted by Gasteiger charge is -2.24. The summed E-state index contributed by atoms with van der Waals surface area (Å²) in [5.41, 5.74) is 1.94. The first-order valence-corrected chi connectivity index (χ1v) is 10.4. The third kappa shape index (κ3) is 5.30. The minimum Gasteiger partial charge on any atom is -0.444 e. The summed E-state index contributed by atoms with van der Waals surface area (Å²) in [5.74, 6) is 0.215. The molecule has 1 aliphatic rings. The fraction of sp³-hybridized carbons (Fsp3) is 0.591. The number of nitrogens with one attached hydrogen (secondary N) is 1. The molecule has 164 valence electrons. The molecule has 1 N–H and O–H groups in total. The standard InChI is InChI=1S/C22H32N4O4/c1-15-17(20(27)23-9-11-29-5)6-7-19-18(15)14-26(24-19)13-16-8-10-25(12-16)21(28)30-22(2,3)4/h6-7,14,16H,8-13H2,1-5H3,(H,23,27). The molecule has 1 aromatic carbocycles. The van der Waals surface area contributed by atoms with E-state index in [0.29, 0.717) is 37.7 Å². The van der Waals surface area contributed by atoms with Gasteiger partial charge in [0, 0.05) is 50.4 Å². The van der Waals surface area contributed by atoms with Crippen molar-refractivity contribution in [2.75, 3.05) is 33.4 Å². The molecular weight excluding hydrogens is 384 g/mol. The van der Waals surface area contributed by atoms with Gasteiger partial charge in [0.15, 0.2) is 0 Å². The summed E-state index contributed by atoms with van der Waals surface area (Å²) in [7, 11) is 1.61. The number of benzene rings is 1. The van der Waals surface area contributed by atoms with Crippen molar-refractivity contribution in [1.29, 1.82) is 0 Å². The zero-order valence-electron chi connectivity index (χ0n) is 18.5. The summed E-state index contributed by atoms with van der Waals surface area (Å²) in [6, 6.07) is 3.70. The zero-order chi connectivity index (χ0) is 21.9. The number of carbonyl (C=O) groups is 2. The van der Waals surface area contributed by atoms with Crippen molar-refractivity contribution in [1.82, 2.24) is 20.0 Å². The van der Waals surface area contributed by atoms with Crippen LogP contribution in [-0.2, 0) is 16.0 Å². The predicted octanol–water partition coefficient (Wildman–Crippen LogP) is 2.98. The van der Waals surface area contributed by atoms with Crippen LogP contribution in [0.1, 0.15) is 43.1 Å². The second-order valence-corrected chi connectivity index (χ2v) is 8.85. The monoisotopic (exact) mass is 416 g/mol. The third-order valence-corrected chi connectivity index (χ3v) is 5.23. The first-order valence-electron chi connectivity index (χ1n) is 10.4. The molecule has 0 bridgehead atoms. The first-order chi connectivity index (χ1) is 14.2. The van der Waals surface area contributed by atoms with Gasteiger partial charge in [-0.25, -0.2) is 4.79 Å². The van der Waals surface area contributed by atoms with Gasteiger partial charge in [-0.05, 0) is 57.7 Å². The topological polar surface area (TPSA) is 85.7 Å². The van der Waals surface area contributed by atoms with Crippen LogP contribution in [0.25, 0.3) is 10.9 Å². The van der Waals surface area contributed by atoms with Crippen LogP contribution in [0, 0.1) is 12.8 Å². The van der Waals surface area contributed by atoms with Crippen LogP contribution in [-0.4, -0.2) is 65.6 Å². The number of aromatic nitrogens is 2. The second-order valence-electron chi connectivity index (χ2n) is 8.85. The largest absolute Gasteiger partial charge is 0.444 e. The molecule has 2 amide bonds. The number of fused-ring (bicyclic) bond motifs is 1. The minimum absolute atomic E-state index is 0.108. The van der Waals surface area contributed by atoms with E-state index in [1.165, 1.54) is 0 Å².